The second-order valence-corrected chi connectivity index (χ2v) is 3.65. The third-order valence-electron chi connectivity index (χ3n) is 2.20. The molecule has 82 valence electrons. The fraction of sp³-hybridized carbons (Fsp3) is 0.455. The molecular weight excluding hydrogens is 190 g/mol. The Morgan fingerprint density at radius 3 is 2.87 bits per heavy atom. The van der Waals surface area contributed by atoms with Gasteiger partial charge in [-0.3, -0.25) is 9.79 Å². The maximum absolute atomic E-state index is 10.6. The highest BCUT2D eigenvalue weighted by molar-refractivity contribution is 5.94. The van der Waals surface area contributed by atoms with Crippen molar-refractivity contribution in [1.82, 2.24) is 4.90 Å². The number of hydrogen-bond donors (Lipinski definition) is 1. The van der Waals surface area contributed by atoms with Gasteiger partial charge in [0, 0.05) is 24.0 Å². The van der Waals surface area contributed by atoms with Crippen LogP contribution in [-0.4, -0.2) is 22.7 Å². The van der Waals surface area contributed by atoms with Gasteiger partial charge in [-0.2, -0.15) is 0 Å². The van der Waals surface area contributed by atoms with Crippen LogP contribution in [-0.2, 0) is 4.79 Å². The van der Waals surface area contributed by atoms with Crippen molar-refractivity contribution in [3.63, 3.8) is 0 Å². The molecule has 2 N–H and O–H groups in total. The van der Waals surface area contributed by atoms with Crippen LogP contribution in [0.25, 0.3) is 0 Å². The average molecular weight is 207 g/mol. The van der Waals surface area contributed by atoms with Crippen molar-refractivity contribution < 1.29 is 4.79 Å². The minimum atomic E-state index is -0.322. The summed E-state index contributed by atoms with van der Waals surface area (Å²) in [5.41, 5.74) is 7.20. The van der Waals surface area contributed by atoms with Crippen LogP contribution in [0.4, 0.5) is 0 Å². The molecular formula is C11H17N3O. The maximum atomic E-state index is 10.6. The van der Waals surface area contributed by atoms with E-state index in [4.69, 9.17) is 5.73 Å². The summed E-state index contributed by atoms with van der Waals surface area (Å²) in [4.78, 5) is 17.0. The van der Waals surface area contributed by atoms with Crippen molar-refractivity contribution in [2.24, 2.45) is 10.7 Å². The predicted molar refractivity (Wildman–Crippen MR) is 61.1 cm³/mol. The van der Waals surface area contributed by atoms with Gasteiger partial charge in [0.15, 0.2) is 0 Å². The summed E-state index contributed by atoms with van der Waals surface area (Å²) in [6.45, 7) is 6.00. The average Bonchev–Trinajstić information content (AvgIpc) is 2.08. The number of carbonyl (C=O) groups excluding carboxylic acids is 1. The third-order valence-corrected chi connectivity index (χ3v) is 2.20. The molecule has 1 aliphatic heterocycles. The van der Waals surface area contributed by atoms with Crippen molar-refractivity contribution in [1.29, 1.82) is 0 Å². The fourth-order valence-corrected chi connectivity index (χ4v) is 1.59. The molecule has 1 atom stereocenters. The first kappa shape index (κ1) is 11.5. The van der Waals surface area contributed by atoms with Crippen LogP contribution in [0.5, 0.6) is 0 Å². The quantitative estimate of drug-likeness (QED) is 0.760. The SMILES string of the molecule is CC1=CC(C)=N[C@@H](C)N1/C=C\CC(N)=O. The minimum Gasteiger partial charge on any atom is -0.369 e. The Hall–Kier alpha value is -1.58. The van der Waals surface area contributed by atoms with Crippen LogP contribution in [0, 0.1) is 0 Å². The lowest BCUT2D eigenvalue weighted by Gasteiger charge is -2.29. The molecule has 0 spiro atoms. The Balaban J connectivity index is 2.68. The van der Waals surface area contributed by atoms with Gasteiger partial charge in [-0.05, 0) is 26.8 Å². The molecule has 1 aliphatic rings. The van der Waals surface area contributed by atoms with Crippen LogP contribution >= 0.6 is 0 Å². The monoisotopic (exact) mass is 207 g/mol. The largest absolute Gasteiger partial charge is 0.369 e. The van der Waals surface area contributed by atoms with E-state index in [1.54, 1.807) is 6.08 Å². The number of rotatable bonds is 3. The van der Waals surface area contributed by atoms with Gasteiger partial charge < -0.3 is 10.6 Å². The van der Waals surface area contributed by atoms with E-state index in [-0.39, 0.29) is 18.5 Å². The number of hydrogen-bond acceptors (Lipinski definition) is 3. The summed E-state index contributed by atoms with van der Waals surface area (Å²) in [6.07, 6.45) is 5.97. The number of nitrogens with zero attached hydrogens (tertiary/aromatic N) is 2. The molecule has 0 aromatic rings. The number of primary amides is 1. The highest BCUT2D eigenvalue weighted by Crippen LogP contribution is 2.16. The third kappa shape index (κ3) is 3.23. The number of amides is 1. The molecule has 1 heterocycles. The van der Waals surface area contributed by atoms with Crippen molar-refractivity contribution in [2.45, 2.75) is 33.4 Å². The Morgan fingerprint density at radius 2 is 2.33 bits per heavy atom. The first-order valence-electron chi connectivity index (χ1n) is 4.96. The second-order valence-electron chi connectivity index (χ2n) is 3.65. The lowest BCUT2D eigenvalue weighted by atomic mass is 10.2. The van der Waals surface area contributed by atoms with Gasteiger partial charge in [-0.1, -0.05) is 6.08 Å². The molecule has 1 amide bonds. The fourth-order valence-electron chi connectivity index (χ4n) is 1.59. The predicted octanol–water partition coefficient (Wildman–Crippen LogP) is 1.40. The Kier molecular flexibility index (Phi) is 3.66. The molecule has 0 saturated heterocycles. The maximum Gasteiger partial charge on any atom is 0.221 e. The number of carbonyl (C=O) groups is 1. The van der Waals surface area contributed by atoms with E-state index in [1.807, 2.05) is 37.9 Å². The summed E-state index contributed by atoms with van der Waals surface area (Å²) in [5.74, 6) is -0.322. The second kappa shape index (κ2) is 4.77. The number of allylic oxidation sites excluding steroid dienone is 2. The summed E-state index contributed by atoms with van der Waals surface area (Å²) in [7, 11) is 0. The van der Waals surface area contributed by atoms with Gasteiger partial charge in [0.05, 0.1) is 0 Å². The molecule has 0 fully saturated rings. The van der Waals surface area contributed by atoms with Crippen molar-refractivity contribution in [2.75, 3.05) is 0 Å². The number of aliphatic imine (C=N–C) groups is 1. The Morgan fingerprint density at radius 1 is 1.67 bits per heavy atom. The van der Waals surface area contributed by atoms with Gasteiger partial charge in [0.25, 0.3) is 0 Å². The van der Waals surface area contributed by atoms with Crippen LogP contribution in [0.1, 0.15) is 27.2 Å². The molecule has 4 nitrogen and oxygen atoms in total. The highest BCUT2D eigenvalue weighted by Gasteiger charge is 2.14. The molecule has 15 heavy (non-hydrogen) atoms. The molecule has 0 radical (unpaired) electrons. The first-order chi connectivity index (χ1) is 7.00. The first-order valence-corrected chi connectivity index (χ1v) is 4.96. The Labute approximate surface area is 90.2 Å². The van der Waals surface area contributed by atoms with Crippen LogP contribution in [0.2, 0.25) is 0 Å². The zero-order chi connectivity index (χ0) is 11.4. The van der Waals surface area contributed by atoms with Gasteiger partial charge in [-0.15, -0.1) is 0 Å². The van der Waals surface area contributed by atoms with Crippen LogP contribution < -0.4 is 5.73 Å². The van der Waals surface area contributed by atoms with E-state index in [0.29, 0.717) is 0 Å². The summed E-state index contributed by atoms with van der Waals surface area (Å²) in [6, 6.07) is 0. The molecule has 0 unspecified atom stereocenters. The molecule has 0 bridgehead atoms. The van der Waals surface area contributed by atoms with Gasteiger partial charge in [0.1, 0.15) is 6.17 Å². The van der Waals surface area contributed by atoms with E-state index in [9.17, 15) is 4.79 Å². The van der Waals surface area contributed by atoms with E-state index in [1.165, 1.54) is 0 Å². The minimum absolute atomic E-state index is 0.0825. The molecule has 0 saturated carbocycles. The van der Waals surface area contributed by atoms with E-state index in [2.05, 4.69) is 4.99 Å². The lowest BCUT2D eigenvalue weighted by molar-refractivity contribution is -0.117. The van der Waals surface area contributed by atoms with Gasteiger partial charge in [-0.25, -0.2) is 0 Å². The van der Waals surface area contributed by atoms with Gasteiger partial charge in [0.2, 0.25) is 5.91 Å². The van der Waals surface area contributed by atoms with Crippen LogP contribution in [0.15, 0.2) is 29.0 Å². The zero-order valence-electron chi connectivity index (χ0n) is 9.40. The van der Waals surface area contributed by atoms with Crippen molar-refractivity contribution in [3.8, 4) is 0 Å². The molecule has 0 aromatic heterocycles. The summed E-state index contributed by atoms with van der Waals surface area (Å²) < 4.78 is 0. The van der Waals surface area contributed by atoms with E-state index >= 15 is 0 Å². The van der Waals surface area contributed by atoms with E-state index in [0.717, 1.165) is 11.4 Å². The molecule has 4 heteroatoms. The summed E-state index contributed by atoms with van der Waals surface area (Å²) in [5, 5.41) is 0. The van der Waals surface area contributed by atoms with E-state index < -0.39 is 0 Å². The smallest absolute Gasteiger partial charge is 0.221 e. The van der Waals surface area contributed by atoms with Crippen molar-refractivity contribution >= 4 is 11.6 Å². The zero-order valence-corrected chi connectivity index (χ0v) is 9.40. The van der Waals surface area contributed by atoms with Crippen molar-refractivity contribution in [3.05, 3.63) is 24.0 Å². The summed E-state index contributed by atoms with van der Waals surface area (Å²) >= 11 is 0. The standard InChI is InChI=1S/C11H17N3O/c1-8-7-9(2)14(10(3)13-8)6-4-5-11(12)15/h4,6-7,10H,5H2,1-3H3,(H2,12,15)/b6-4-/t10-/m1/s1. The topological polar surface area (TPSA) is 58.7 Å². The normalized spacial score (nSPS) is 21.5. The molecule has 1 rings (SSSR count). The number of nitrogens with two attached hydrogens (primary N) is 1. The van der Waals surface area contributed by atoms with Gasteiger partial charge >= 0.3 is 0 Å². The molecule has 0 aliphatic carbocycles. The molecule has 0 aromatic carbocycles. The highest BCUT2D eigenvalue weighted by atomic mass is 16.1. The Bertz CT molecular complexity index is 342. The lowest BCUT2D eigenvalue weighted by Crippen LogP contribution is -2.29. The van der Waals surface area contributed by atoms with Crippen LogP contribution in [0.3, 0.4) is 0 Å².